The molecule has 2 aliphatic rings. The minimum Gasteiger partial charge on any atom is -0.454 e. The zero-order valence-corrected chi connectivity index (χ0v) is 19.5. The number of ether oxygens (including phenoxy) is 3. The van der Waals surface area contributed by atoms with Gasteiger partial charge in [-0.25, -0.2) is 4.68 Å². The van der Waals surface area contributed by atoms with Crippen molar-refractivity contribution in [3.63, 3.8) is 0 Å². The van der Waals surface area contributed by atoms with Gasteiger partial charge in [0, 0.05) is 42.5 Å². The number of rotatable bonds is 6. The first-order chi connectivity index (χ1) is 16.6. The Morgan fingerprint density at radius 1 is 1.09 bits per heavy atom. The van der Waals surface area contributed by atoms with E-state index in [1.165, 1.54) is 0 Å². The van der Waals surface area contributed by atoms with Crippen molar-refractivity contribution in [2.24, 2.45) is 0 Å². The molecular weight excluding hydrogens is 430 g/mol. The van der Waals surface area contributed by atoms with Crippen molar-refractivity contribution in [1.29, 1.82) is 0 Å². The normalized spacial score (nSPS) is 16.6. The molecule has 0 bridgehead atoms. The van der Waals surface area contributed by atoms with Crippen LogP contribution in [-0.2, 0) is 14.9 Å². The van der Waals surface area contributed by atoms with Crippen LogP contribution in [0.5, 0.6) is 11.5 Å². The average Bonchev–Trinajstić information content (AvgIpc) is 3.46. The molecule has 1 fully saturated rings. The number of nitrogens with zero attached hydrogens (tertiary/aromatic N) is 2. The summed E-state index contributed by atoms with van der Waals surface area (Å²) >= 11 is 0. The Hall–Kier alpha value is -3.58. The molecule has 0 spiro atoms. The van der Waals surface area contributed by atoms with E-state index in [2.05, 4.69) is 16.5 Å². The standard InChI is InChI=1S/C27H29N3O4/c1-19-23(20(2)30(29-19)22-6-4-3-5-7-22)9-11-26(31)28-17-27(12-14-32-15-13-27)21-8-10-24-25(16-21)34-18-33-24/h3-11,16H,12-15,17-18H2,1-2H3,(H,28,31)/b11-9+. The zero-order valence-electron chi connectivity index (χ0n) is 19.5. The summed E-state index contributed by atoms with van der Waals surface area (Å²) in [6.45, 7) is 6.08. The van der Waals surface area contributed by atoms with E-state index in [1.807, 2.05) is 67.1 Å². The van der Waals surface area contributed by atoms with Crippen molar-refractivity contribution in [2.45, 2.75) is 32.1 Å². The second-order valence-electron chi connectivity index (χ2n) is 8.84. The molecule has 0 saturated carbocycles. The van der Waals surface area contributed by atoms with Crippen LogP contribution in [0.2, 0.25) is 0 Å². The van der Waals surface area contributed by atoms with Crippen LogP contribution in [0.15, 0.2) is 54.6 Å². The second kappa shape index (κ2) is 9.35. The average molecular weight is 460 g/mol. The maximum Gasteiger partial charge on any atom is 0.244 e. The summed E-state index contributed by atoms with van der Waals surface area (Å²) in [6.07, 6.45) is 5.11. The predicted molar refractivity (Wildman–Crippen MR) is 129 cm³/mol. The smallest absolute Gasteiger partial charge is 0.244 e. The van der Waals surface area contributed by atoms with Crippen LogP contribution in [-0.4, -0.2) is 42.2 Å². The number of aryl methyl sites for hydroxylation is 1. The molecule has 3 heterocycles. The minimum atomic E-state index is -0.202. The van der Waals surface area contributed by atoms with Crippen LogP contribution in [0, 0.1) is 13.8 Å². The van der Waals surface area contributed by atoms with Crippen molar-refractivity contribution in [2.75, 3.05) is 26.6 Å². The van der Waals surface area contributed by atoms with Gasteiger partial charge in [-0.1, -0.05) is 24.3 Å². The molecule has 5 rings (SSSR count). The Balaban J connectivity index is 1.31. The number of fused-ring (bicyclic) bond motifs is 1. The van der Waals surface area contributed by atoms with E-state index in [9.17, 15) is 4.79 Å². The van der Waals surface area contributed by atoms with E-state index in [0.29, 0.717) is 19.8 Å². The van der Waals surface area contributed by atoms with Crippen LogP contribution in [0.4, 0.5) is 0 Å². The highest BCUT2D eigenvalue weighted by atomic mass is 16.7. The number of carbonyl (C=O) groups excluding carboxylic acids is 1. The molecule has 7 heteroatoms. The van der Waals surface area contributed by atoms with Gasteiger partial charge in [0.15, 0.2) is 11.5 Å². The van der Waals surface area contributed by atoms with Crippen LogP contribution < -0.4 is 14.8 Å². The molecule has 2 aromatic carbocycles. The van der Waals surface area contributed by atoms with Gasteiger partial charge in [-0.15, -0.1) is 0 Å². The molecule has 1 amide bonds. The molecule has 0 radical (unpaired) electrons. The first-order valence-electron chi connectivity index (χ1n) is 11.6. The molecule has 7 nitrogen and oxygen atoms in total. The molecule has 0 aliphatic carbocycles. The van der Waals surface area contributed by atoms with E-state index >= 15 is 0 Å². The first-order valence-corrected chi connectivity index (χ1v) is 11.6. The SMILES string of the molecule is Cc1nn(-c2ccccc2)c(C)c1/C=C/C(=O)NCC1(c2ccc3c(c2)OCO3)CCOCC1. The van der Waals surface area contributed by atoms with Crippen LogP contribution in [0.3, 0.4) is 0 Å². The molecule has 1 aromatic heterocycles. The molecule has 176 valence electrons. The van der Waals surface area contributed by atoms with Crippen molar-refractivity contribution in [3.05, 3.63) is 77.1 Å². The van der Waals surface area contributed by atoms with Gasteiger partial charge in [-0.2, -0.15) is 5.10 Å². The lowest BCUT2D eigenvalue weighted by atomic mass is 9.74. The van der Waals surface area contributed by atoms with E-state index < -0.39 is 0 Å². The molecule has 3 aromatic rings. The van der Waals surface area contributed by atoms with Gasteiger partial charge < -0.3 is 19.5 Å². The molecule has 2 aliphatic heterocycles. The Labute approximate surface area is 199 Å². The lowest BCUT2D eigenvalue weighted by molar-refractivity contribution is -0.116. The quantitative estimate of drug-likeness (QED) is 0.562. The molecule has 0 unspecified atom stereocenters. The highest BCUT2D eigenvalue weighted by Gasteiger charge is 2.36. The van der Waals surface area contributed by atoms with Gasteiger partial charge >= 0.3 is 0 Å². The number of carbonyl (C=O) groups is 1. The third-order valence-electron chi connectivity index (χ3n) is 6.79. The summed E-state index contributed by atoms with van der Waals surface area (Å²) in [5.74, 6) is 1.40. The van der Waals surface area contributed by atoms with Crippen LogP contribution in [0.1, 0.15) is 35.4 Å². The topological polar surface area (TPSA) is 74.6 Å². The summed E-state index contributed by atoms with van der Waals surface area (Å²) in [7, 11) is 0. The molecule has 1 saturated heterocycles. The number of para-hydroxylation sites is 1. The molecular formula is C27H29N3O4. The molecule has 1 N–H and O–H groups in total. The lowest BCUT2D eigenvalue weighted by Crippen LogP contribution is -2.44. The lowest BCUT2D eigenvalue weighted by Gasteiger charge is -2.38. The van der Waals surface area contributed by atoms with Gasteiger partial charge in [0.2, 0.25) is 12.7 Å². The highest BCUT2D eigenvalue weighted by Crippen LogP contribution is 2.40. The summed E-state index contributed by atoms with van der Waals surface area (Å²) < 4.78 is 18.6. The van der Waals surface area contributed by atoms with E-state index in [4.69, 9.17) is 14.2 Å². The number of amides is 1. The van der Waals surface area contributed by atoms with Crippen molar-refractivity contribution in [1.82, 2.24) is 15.1 Å². The fraction of sp³-hybridized carbons (Fsp3) is 0.333. The van der Waals surface area contributed by atoms with E-state index in [0.717, 1.165) is 52.5 Å². The van der Waals surface area contributed by atoms with Gasteiger partial charge in [0.05, 0.1) is 11.4 Å². The van der Waals surface area contributed by atoms with Gasteiger partial charge in [-0.3, -0.25) is 4.79 Å². The number of hydrogen-bond acceptors (Lipinski definition) is 5. The number of hydrogen-bond donors (Lipinski definition) is 1. The summed E-state index contributed by atoms with van der Waals surface area (Å²) in [6, 6.07) is 16.1. The van der Waals surface area contributed by atoms with Crippen molar-refractivity contribution >= 4 is 12.0 Å². The van der Waals surface area contributed by atoms with Crippen molar-refractivity contribution in [3.8, 4) is 17.2 Å². The Morgan fingerprint density at radius 3 is 2.65 bits per heavy atom. The van der Waals surface area contributed by atoms with Crippen LogP contribution >= 0.6 is 0 Å². The monoisotopic (exact) mass is 459 g/mol. The maximum atomic E-state index is 12.8. The maximum absolute atomic E-state index is 12.8. The summed E-state index contributed by atoms with van der Waals surface area (Å²) in [5, 5.41) is 7.78. The Kier molecular flexibility index (Phi) is 6.11. The van der Waals surface area contributed by atoms with E-state index in [1.54, 1.807) is 6.08 Å². The van der Waals surface area contributed by atoms with Crippen molar-refractivity contribution < 1.29 is 19.0 Å². The largest absolute Gasteiger partial charge is 0.454 e. The van der Waals surface area contributed by atoms with Gasteiger partial charge in [0.25, 0.3) is 0 Å². The zero-order chi connectivity index (χ0) is 23.5. The molecule has 0 atom stereocenters. The summed E-state index contributed by atoms with van der Waals surface area (Å²) in [5.41, 5.74) is 4.76. The second-order valence-corrected chi connectivity index (χ2v) is 8.84. The fourth-order valence-corrected chi connectivity index (χ4v) is 4.75. The van der Waals surface area contributed by atoms with Gasteiger partial charge in [-0.05, 0) is 62.6 Å². The Morgan fingerprint density at radius 2 is 1.85 bits per heavy atom. The Bertz CT molecular complexity index is 1210. The van der Waals surface area contributed by atoms with E-state index in [-0.39, 0.29) is 18.1 Å². The third kappa shape index (κ3) is 4.31. The van der Waals surface area contributed by atoms with Gasteiger partial charge in [0.1, 0.15) is 0 Å². The summed E-state index contributed by atoms with van der Waals surface area (Å²) in [4.78, 5) is 12.8. The predicted octanol–water partition coefficient (Wildman–Crippen LogP) is 4.10. The molecule has 34 heavy (non-hydrogen) atoms. The minimum absolute atomic E-state index is 0.127. The third-order valence-corrected chi connectivity index (χ3v) is 6.79. The van der Waals surface area contributed by atoms with Crippen LogP contribution in [0.25, 0.3) is 11.8 Å². The number of nitrogens with one attached hydrogen (secondary N) is 1. The number of aromatic nitrogens is 2. The highest BCUT2D eigenvalue weighted by molar-refractivity contribution is 5.92. The fourth-order valence-electron chi connectivity index (χ4n) is 4.75. The first kappa shape index (κ1) is 22.2. The number of benzene rings is 2.